The number of rotatable bonds is 5. The van der Waals surface area contributed by atoms with Crippen LogP contribution in [0.25, 0.3) is 0 Å². The molecule has 0 fully saturated rings. The minimum absolute atomic E-state index is 0.110. The zero-order valence-electron chi connectivity index (χ0n) is 12.5. The van der Waals surface area contributed by atoms with Gasteiger partial charge in [-0.05, 0) is 24.3 Å². The van der Waals surface area contributed by atoms with E-state index >= 15 is 0 Å². The van der Waals surface area contributed by atoms with Gasteiger partial charge in [0.05, 0.1) is 29.1 Å². The number of fused-ring (bicyclic) bond motifs is 1. The molecular formula is C17H15FN2O3. The van der Waals surface area contributed by atoms with Crippen molar-refractivity contribution < 1.29 is 18.7 Å². The molecule has 2 aromatic rings. The standard InChI is InChI=1S/C17H15FN2O3/c1-23-10-9-19-15-13(18)7-4-8-14(15)20-16(21)11-5-2-3-6-12(11)17(20)22/h2-8,19H,9-10H2,1H3. The number of carbonyl (C=O) groups excluding carboxylic acids is 2. The number of imide groups is 1. The molecule has 5 nitrogen and oxygen atoms in total. The van der Waals surface area contributed by atoms with Gasteiger partial charge in [0.25, 0.3) is 11.8 Å². The summed E-state index contributed by atoms with van der Waals surface area (Å²) in [6.07, 6.45) is 0. The Morgan fingerprint density at radius 2 is 1.70 bits per heavy atom. The van der Waals surface area contributed by atoms with Crippen LogP contribution >= 0.6 is 0 Å². The molecule has 0 spiro atoms. The van der Waals surface area contributed by atoms with Crippen molar-refractivity contribution in [1.29, 1.82) is 0 Å². The molecule has 1 heterocycles. The van der Waals surface area contributed by atoms with Crippen LogP contribution in [-0.2, 0) is 4.74 Å². The molecule has 0 unspecified atom stereocenters. The SMILES string of the molecule is COCCNc1c(F)cccc1N1C(=O)c2ccccc2C1=O. The first-order valence-electron chi connectivity index (χ1n) is 7.14. The second-order valence-electron chi connectivity index (χ2n) is 5.04. The molecule has 0 aliphatic carbocycles. The lowest BCUT2D eigenvalue weighted by Crippen LogP contribution is -2.30. The Kier molecular flexibility index (Phi) is 4.08. The Hall–Kier alpha value is -2.73. The van der Waals surface area contributed by atoms with Gasteiger partial charge in [-0.3, -0.25) is 9.59 Å². The lowest BCUT2D eigenvalue weighted by atomic mass is 10.1. The van der Waals surface area contributed by atoms with Crippen LogP contribution in [0.3, 0.4) is 0 Å². The van der Waals surface area contributed by atoms with Crippen molar-refractivity contribution in [1.82, 2.24) is 0 Å². The predicted octanol–water partition coefficient (Wildman–Crippen LogP) is 2.68. The van der Waals surface area contributed by atoms with E-state index in [1.54, 1.807) is 30.3 Å². The second-order valence-corrected chi connectivity index (χ2v) is 5.04. The molecule has 2 amide bonds. The number of amides is 2. The minimum Gasteiger partial charge on any atom is -0.383 e. The summed E-state index contributed by atoms with van der Waals surface area (Å²) in [5, 5.41) is 2.88. The second kappa shape index (κ2) is 6.18. The average molecular weight is 314 g/mol. The fourth-order valence-corrected chi connectivity index (χ4v) is 2.56. The van der Waals surface area contributed by atoms with Gasteiger partial charge in [0.1, 0.15) is 5.82 Å². The summed E-state index contributed by atoms with van der Waals surface area (Å²) in [6.45, 7) is 0.726. The van der Waals surface area contributed by atoms with Crippen molar-refractivity contribution in [2.24, 2.45) is 0 Å². The van der Waals surface area contributed by atoms with Gasteiger partial charge in [-0.2, -0.15) is 0 Å². The lowest BCUT2D eigenvalue weighted by molar-refractivity contribution is 0.0926. The highest BCUT2D eigenvalue weighted by molar-refractivity contribution is 6.35. The van der Waals surface area contributed by atoms with Gasteiger partial charge in [-0.15, -0.1) is 0 Å². The number of carbonyl (C=O) groups is 2. The van der Waals surface area contributed by atoms with Crippen molar-refractivity contribution in [3.8, 4) is 0 Å². The van der Waals surface area contributed by atoms with Gasteiger partial charge in [0.15, 0.2) is 0 Å². The quantitative estimate of drug-likeness (QED) is 0.681. The first kappa shape index (κ1) is 15.2. The highest BCUT2D eigenvalue weighted by Gasteiger charge is 2.37. The Balaban J connectivity index is 2.01. The third-order valence-electron chi connectivity index (χ3n) is 3.63. The van der Waals surface area contributed by atoms with E-state index in [-0.39, 0.29) is 11.4 Å². The number of nitrogens with one attached hydrogen (secondary N) is 1. The van der Waals surface area contributed by atoms with E-state index < -0.39 is 17.6 Å². The number of methoxy groups -OCH3 is 1. The molecule has 1 aliphatic rings. The molecule has 1 N–H and O–H groups in total. The molecule has 23 heavy (non-hydrogen) atoms. The zero-order chi connectivity index (χ0) is 16.4. The molecule has 2 aromatic carbocycles. The summed E-state index contributed by atoms with van der Waals surface area (Å²) in [5.41, 5.74) is 0.959. The van der Waals surface area contributed by atoms with Gasteiger partial charge in [-0.25, -0.2) is 9.29 Å². The number of halogens is 1. The number of benzene rings is 2. The number of anilines is 2. The van der Waals surface area contributed by atoms with E-state index in [1.807, 2.05) is 0 Å². The highest BCUT2D eigenvalue weighted by Crippen LogP contribution is 2.34. The molecule has 0 radical (unpaired) electrons. The molecule has 118 valence electrons. The molecule has 0 bridgehead atoms. The van der Waals surface area contributed by atoms with Crippen LogP contribution in [0.15, 0.2) is 42.5 Å². The first-order valence-corrected chi connectivity index (χ1v) is 7.14. The third kappa shape index (κ3) is 2.57. The topological polar surface area (TPSA) is 58.6 Å². The van der Waals surface area contributed by atoms with Crippen molar-refractivity contribution >= 4 is 23.2 Å². The predicted molar refractivity (Wildman–Crippen MR) is 84.3 cm³/mol. The van der Waals surface area contributed by atoms with Crippen LogP contribution in [0.5, 0.6) is 0 Å². The van der Waals surface area contributed by atoms with E-state index in [9.17, 15) is 14.0 Å². The van der Waals surface area contributed by atoms with Gasteiger partial charge in [0, 0.05) is 13.7 Å². The van der Waals surface area contributed by atoms with Gasteiger partial charge >= 0.3 is 0 Å². The molecule has 0 saturated heterocycles. The lowest BCUT2D eigenvalue weighted by Gasteiger charge is -2.19. The Bertz CT molecular complexity index is 741. The van der Waals surface area contributed by atoms with E-state index in [4.69, 9.17) is 4.74 Å². The maximum atomic E-state index is 14.2. The molecule has 0 aromatic heterocycles. The summed E-state index contributed by atoms with van der Waals surface area (Å²) in [6, 6.07) is 10.8. The fraction of sp³-hybridized carbons (Fsp3) is 0.176. The van der Waals surface area contributed by atoms with Crippen molar-refractivity contribution in [2.45, 2.75) is 0 Å². The third-order valence-corrected chi connectivity index (χ3v) is 3.63. The Morgan fingerprint density at radius 3 is 2.30 bits per heavy atom. The van der Waals surface area contributed by atoms with Crippen LogP contribution in [0, 0.1) is 5.82 Å². The van der Waals surface area contributed by atoms with Crippen LogP contribution in [0.1, 0.15) is 20.7 Å². The molecular weight excluding hydrogens is 299 g/mol. The smallest absolute Gasteiger partial charge is 0.266 e. The van der Waals surface area contributed by atoms with Crippen molar-refractivity contribution in [2.75, 3.05) is 30.5 Å². The van der Waals surface area contributed by atoms with Gasteiger partial charge in [-0.1, -0.05) is 18.2 Å². The molecule has 0 saturated carbocycles. The Morgan fingerprint density at radius 1 is 1.04 bits per heavy atom. The fourth-order valence-electron chi connectivity index (χ4n) is 2.56. The number of hydrogen-bond acceptors (Lipinski definition) is 4. The van der Waals surface area contributed by atoms with E-state index in [0.717, 1.165) is 4.90 Å². The number of nitrogens with zero attached hydrogens (tertiary/aromatic N) is 1. The molecule has 3 rings (SSSR count). The number of ether oxygens (including phenoxy) is 1. The number of para-hydroxylation sites is 1. The summed E-state index contributed by atoms with van der Waals surface area (Å²) in [4.78, 5) is 26.1. The molecule has 1 aliphatic heterocycles. The summed E-state index contributed by atoms with van der Waals surface area (Å²) in [5.74, 6) is -1.44. The van der Waals surface area contributed by atoms with Crippen LogP contribution in [0.2, 0.25) is 0 Å². The maximum Gasteiger partial charge on any atom is 0.266 e. The number of hydrogen-bond donors (Lipinski definition) is 1. The van der Waals surface area contributed by atoms with E-state index in [1.165, 1.54) is 19.2 Å². The summed E-state index contributed by atoms with van der Waals surface area (Å²) >= 11 is 0. The summed E-state index contributed by atoms with van der Waals surface area (Å²) < 4.78 is 19.1. The van der Waals surface area contributed by atoms with Crippen LogP contribution in [0.4, 0.5) is 15.8 Å². The van der Waals surface area contributed by atoms with Crippen molar-refractivity contribution in [3.63, 3.8) is 0 Å². The Labute approximate surface area is 132 Å². The zero-order valence-corrected chi connectivity index (χ0v) is 12.5. The monoisotopic (exact) mass is 314 g/mol. The maximum absolute atomic E-state index is 14.2. The van der Waals surface area contributed by atoms with Gasteiger partial charge < -0.3 is 10.1 Å². The molecule has 0 atom stereocenters. The summed E-state index contributed by atoms with van der Waals surface area (Å²) in [7, 11) is 1.54. The highest BCUT2D eigenvalue weighted by atomic mass is 19.1. The minimum atomic E-state index is -0.532. The van der Waals surface area contributed by atoms with E-state index in [0.29, 0.717) is 24.3 Å². The largest absolute Gasteiger partial charge is 0.383 e. The first-order chi connectivity index (χ1) is 11.1. The van der Waals surface area contributed by atoms with Gasteiger partial charge in [0.2, 0.25) is 0 Å². The average Bonchev–Trinajstić information content (AvgIpc) is 2.81. The van der Waals surface area contributed by atoms with Crippen LogP contribution < -0.4 is 10.2 Å². The normalized spacial score (nSPS) is 13.4. The van der Waals surface area contributed by atoms with Crippen molar-refractivity contribution in [3.05, 3.63) is 59.4 Å². The van der Waals surface area contributed by atoms with E-state index in [2.05, 4.69) is 5.32 Å². The molecule has 6 heteroatoms. The van der Waals surface area contributed by atoms with Crippen LogP contribution in [-0.4, -0.2) is 32.1 Å².